The number of hydrogen-bond donors (Lipinski definition) is 0. The molecular formula is C7H8F2. The van der Waals surface area contributed by atoms with Gasteiger partial charge in [-0.05, 0) is 6.42 Å². The summed E-state index contributed by atoms with van der Waals surface area (Å²) in [5.41, 5.74) is 0. The number of alkyl halides is 2. The van der Waals surface area contributed by atoms with Gasteiger partial charge in [0.05, 0.1) is 0 Å². The van der Waals surface area contributed by atoms with E-state index in [2.05, 4.69) is 0 Å². The average molecular weight is 130 g/mol. The molecule has 0 saturated heterocycles. The molecule has 50 valence electrons. The van der Waals surface area contributed by atoms with Gasteiger partial charge in [0, 0.05) is 5.92 Å². The third-order valence-electron chi connectivity index (χ3n) is 1.34. The molecule has 0 spiro atoms. The summed E-state index contributed by atoms with van der Waals surface area (Å²) in [4.78, 5) is 0. The van der Waals surface area contributed by atoms with Gasteiger partial charge in [0.2, 0.25) is 6.43 Å². The van der Waals surface area contributed by atoms with Gasteiger partial charge in [0.25, 0.3) is 0 Å². The first-order chi connectivity index (χ1) is 4.30. The maximum atomic E-state index is 11.8. The normalized spacial score (nSPS) is 25.4. The second-order valence-electron chi connectivity index (χ2n) is 2.05. The maximum absolute atomic E-state index is 11.8. The van der Waals surface area contributed by atoms with Gasteiger partial charge in [0.1, 0.15) is 0 Å². The van der Waals surface area contributed by atoms with Crippen molar-refractivity contribution in [2.75, 3.05) is 0 Å². The van der Waals surface area contributed by atoms with Crippen LogP contribution in [0.1, 0.15) is 6.42 Å². The van der Waals surface area contributed by atoms with E-state index in [-0.39, 0.29) is 0 Å². The molecule has 2 heteroatoms. The Balaban J connectivity index is 2.46. The van der Waals surface area contributed by atoms with Gasteiger partial charge < -0.3 is 0 Å². The summed E-state index contributed by atoms with van der Waals surface area (Å²) in [7, 11) is 0. The van der Waals surface area contributed by atoms with E-state index in [1.54, 1.807) is 24.3 Å². The third kappa shape index (κ3) is 1.63. The van der Waals surface area contributed by atoms with Crippen molar-refractivity contribution in [3.05, 3.63) is 24.3 Å². The molecular weight excluding hydrogens is 122 g/mol. The number of hydrogen-bond acceptors (Lipinski definition) is 0. The van der Waals surface area contributed by atoms with Crippen LogP contribution < -0.4 is 0 Å². The van der Waals surface area contributed by atoms with Crippen LogP contribution in [0.25, 0.3) is 0 Å². The van der Waals surface area contributed by atoms with Crippen LogP contribution in [-0.2, 0) is 0 Å². The van der Waals surface area contributed by atoms with E-state index < -0.39 is 12.3 Å². The average Bonchev–Trinajstić information content (AvgIpc) is 1.90. The second-order valence-corrected chi connectivity index (χ2v) is 2.05. The fraction of sp³-hybridized carbons (Fsp3) is 0.429. The van der Waals surface area contributed by atoms with Gasteiger partial charge in [-0.25, -0.2) is 8.78 Å². The highest BCUT2D eigenvalue weighted by Gasteiger charge is 2.15. The standard InChI is InChI=1S/C7H8F2/c8-7(9)6-4-2-1-3-5-6/h1-4,6-7H,5H2. The minimum Gasteiger partial charge on any atom is -0.210 e. The van der Waals surface area contributed by atoms with E-state index >= 15 is 0 Å². The SMILES string of the molecule is FC(F)C1C=CC=CC1. The Kier molecular flexibility index (Phi) is 1.98. The molecule has 1 aliphatic carbocycles. The first-order valence-corrected chi connectivity index (χ1v) is 2.92. The lowest BCUT2D eigenvalue weighted by Crippen LogP contribution is -2.07. The molecule has 1 aliphatic rings. The zero-order valence-corrected chi connectivity index (χ0v) is 4.93. The van der Waals surface area contributed by atoms with Crippen molar-refractivity contribution in [1.82, 2.24) is 0 Å². The van der Waals surface area contributed by atoms with Crippen LogP contribution in [0.15, 0.2) is 24.3 Å². The van der Waals surface area contributed by atoms with E-state index in [4.69, 9.17) is 0 Å². The zero-order valence-electron chi connectivity index (χ0n) is 4.93. The van der Waals surface area contributed by atoms with Crippen LogP contribution in [0.3, 0.4) is 0 Å². The molecule has 0 amide bonds. The fourth-order valence-corrected chi connectivity index (χ4v) is 0.787. The van der Waals surface area contributed by atoms with Gasteiger partial charge >= 0.3 is 0 Å². The summed E-state index contributed by atoms with van der Waals surface area (Å²) in [6, 6.07) is 0. The third-order valence-corrected chi connectivity index (χ3v) is 1.34. The van der Waals surface area contributed by atoms with E-state index in [0.717, 1.165) is 0 Å². The monoisotopic (exact) mass is 130 g/mol. The van der Waals surface area contributed by atoms with Gasteiger partial charge in [-0.1, -0.05) is 24.3 Å². The highest BCUT2D eigenvalue weighted by atomic mass is 19.3. The molecule has 0 N–H and O–H groups in total. The van der Waals surface area contributed by atoms with Crippen molar-refractivity contribution < 1.29 is 8.78 Å². The van der Waals surface area contributed by atoms with Crippen molar-refractivity contribution >= 4 is 0 Å². The van der Waals surface area contributed by atoms with Crippen molar-refractivity contribution in [2.24, 2.45) is 5.92 Å². The van der Waals surface area contributed by atoms with Crippen LogP contribution in [0.2, 0.25) is 0 Å². The molecule has 9 heavy (non-hydrogen) atoms. The van der Waals surface area contributed by atoms with Crippen molar-refractivity contribution in [2.45, 2.75) is 12.8 Å². The van der Waals surface area contributed by atoms with E-state index in [9.17, 15) is 8.78 Å². The summed E-state index contributed by atoms with van der Waals surface area (Å²) in [5.74, 6) is -0.546. The van der Waals surface area contributed by atoms with Crippen molar-refractivity contribution in [1.29, 1.82) is 0 Å². The molecule has 0 heterocycles. The van der Waals surface area contributed by atoms with Crippen LogP contribution in [0.5, 0.6) is 0 Å². The molecule has 0 aromatic rings. The smallest absolute Gasteiger partial charge is 0.210 e. The van der Waals surface area contributed by atoms with E-state index in [0.29, 0.717) is 6.42 Å². The fourth-order valence-electron chi connectivity index (χ4n) is 0.787. The molecule has 1 atom stereocenters. The summed E-state index contributed by atoms with van der Waals surface area (Å²) in [6.45, 7) is 0. The van der Waals surface area contributed by atoms with E-state index in [1.165, 1.54) is 0 Å². The number of allylic oxidation sites excluding steroid dienone is 4. The molecule has 1 rings (SSSR count). The van der Waals surface area contributed by atoms with Gasteiger partial charge in [-0.15, -0.1) is 0 Å². The Morgan fingerprint density at radius 1 is 1.33 bits per heavy atom. The topological polar surface area (TPSA) is 0 Å². The number of rotatable bonds is 1. The maximum Gasteiger partial charge on any atom is 0.245 e. The van der Waals surface area contributed by atoms with Crippen molar-refractivity contribution in [3.63, 3.8) is 0 Å². The predicted octanol–water partition coefficient (Wildman–Crippen LogP) is 2.38. The van der Waals surface area contributed by atoms with Gasteiger partial charge in [0.15, 0.2) is 0 Å². The predicted molar refractivity (Wildman–Crippen MR) is 32.4 cm³/mol. The van der Waals surface area contributed by atoms with Crippen LogP contribution in [0, 0.1) is 5.92 Å². The van der Waals surface area contributed by atoms with Crippen LogP contribution >= 0.6 is 0 Å². The lowest BCUT2D eigenvalue weighted by molar-refractivity contribution is 0.101. The zero-order chi connectivity index (χ0) is 6.69. The molecule has 0 saturated carbocycles. The lowest BCUT2D eigenvalue weighted by Gasteiger charge is -2.09. The summed E-state index contributed by atoms with van der Waals surface area (Å²) < 4.78 is 23.7. The van der Waals surface area contributed by atoms with Gasteiger partial charge in [-0.3, -0.25) is 0 Å². The first-order valence-electron chi connectivity index (χ1n) is 2.92. The van der Waals surface area contributed by atoms with Gasteiger partial charge in [-0.2, -0.15) is 0 Å². The molecule has 0 aromatic carbocycles. The summed E-state index contributed by atoms with van der Waals surface area (Å²) in [6.07, 6.45) is 5.04. The number of halogens is 2. The van der Waals surface area contributed by atoms with Crippen LogP contribution in [-0.4, -0.2) is 6.43 Å². The quantitative estimate of drug-likeness (QED) is 0.511. The Labute approximate surface area is 52.9 Å². The highest BCUT2D eigenvalue weighted by Crippen LogP contribution is 2.18. The lowest BCUT2D eigenvalue weighted by atomic mass is 10.0. The molecule has 0 aliphatic heterocycles. The molecule has 1 unspecified atom stereocenters. The molecule has 0 aromatic heterocycles. The largest absolute Gasteiger partial charge is 0.245 e. The van der Waals surface area contributed by atoms with Crippen LogP contribution in [0.4, 0.5) is 8.78 Å². The van der Waals surface area contributed by atoms with Crippen molar-refractivity contribution in [3.8, 4) is 0 Å². The van der Waals surface area contributed by atoms with E-state index in [1.807, 2.05) is 0 Å². The Morgan fingerprint density at radius 2 is 2.11 bits per heavy atom. The Morgan fingerprint density at radius 3 is 2.44 bits per heavy atom. The Bertz CT molecular complexity index is 136. The summed E-state index contributed by atoms with van der Waals surface area (Å²) >= 11 is 0. The Hall–Kier alpha value is -0.660. The molecule has 0 fully saturated rings. The minimum atomic E-state index is -2.20. The summed E-state index contributed by atoms with van der Waals surface area (Å²) in [5, 5.41) is 0. The molecule has 0 radical (unpaired) electrons. The molecule has 0 nitrogen and oxygen atoms in total. The second kappa shape index (κ2) is 2.76. The minimum absolute atomic E-state index is 0.480. The molecule has 0 bridgehead atoms. The first kappa shape index (κ1) is 6.46. The highest BCUT2D eigenvalue weighted by molar-refractivity contribution is 5.11.